The van der Waals surface area contributed by atoms with Gasteiger partial charge in [-0.05, 0) is 31.9 Å². The number of carbonyl (C=O) groups excluding carboxylic acids is 1. The van der Waals surface area contributed by atoms with Crippen molar-refractivity contribution in [2.24, 2.45) is 0 Å². The van der Waals surface area contributed by atoms with Crippen molar-refractivity contribution in [2.45, 2.75) is 32.2 Å². The van der Waals surface area contributed by atoms with E-state index in [4.69, 9.17) is 10.8 Å². The smallest absolute Gasteiger partial charge is 0.268 e. The third-order valence-corrected chi connectivity index (χ3v) is 3.79. The minimum Gasteiger partial charge on any atom is -0.397 e. The SMILES string of the molecule is CCC(C)(CCO)NC(=O)c1cc2cccc(N)c2[nH]1. The lowest BCUT2D eigenvalue weighted by molar-refractivity contribution is 0.0882. The van der Waals surface area contributed by atoms with Crippen LogP contribution >= 0.6 is 0 Å². The van der Waals surface area contributed by atoms with Gasteiger partial charge in [0, 0.05) is 17.5 Å². The molecule has 20 heavy (non-hydrogen) atoms. The lowest BCUT2D eigenvalue weighted by Gasteiger charge is -2.28. The van der Waals surface area contributed by atoms with Gasteiger partial charge in [0.1, 0.15) is 5.69 Å². The Morgan fingerprint density at radius 3 is 2.85 bits per heavy atom. The lowest BCUT2D eigenvalue weighted by atomic mass is 9.95. The molecule has 1 aromatic carbocycles. The number of aliphatic hydroxyl groups excluding tert-OH is 1. The van der Waals surface area contributed by atoms with Crippen molar-refractivity contribution in [1.82, 2.24) is 10.3 Å². The van der Waals surface area contributed by atoms with E-state index in [1.807, 2.05) is 26.0 Å². The quantitative estimate of drug-likeness (QED) is 0.629. The monoisotopic (exact) mass is 275 g/mol. The van der Waals surface area contributed by atoms with Gasteiger partial charge >= 0.3 is 0 Å². The molecule has 1 amide bonds. The minimum atomic E-state index is -0.408. The highest BCUT2D eigenvalue weighted by molar-refractivity contribution is 6.01. The molecule has 0 bridgehead atoms. The van der Waals surface area contributed by atoms with Crippen LogP contribution in [0.4, 0.5) is 5.69 Å². The minimum absolute atomic E-state index is 0.0459. The number of carbonyl (C=O) groups is 1. The van der Waals surface area contributed by atoms with Crippen LogP contribution in [0, 0.1) is 0 Å². The maximum atomic E-state index is 12.3. The molecule has 1 aromatic heterocycles. The highest BCUT2D eigenvalue weighted by Gasteiger charge is 2.25. The number of para-hydroxylation sites is 1. The maximum Gasteiger partial charge on any atom is 0.268 e. The Bertz CT molecular complexity index is 621. The van der Waals surface area contributed by atoms with Gasteiger partial charge in [-0.1, -0.05) is 19.1 Å². The molecule has 108 valence electrons. The summed E-state index contributed by atoms with van der Waals surface area (Å²) in [7, 11) is 0. The Morgan fingerprint density at radius 1 is 1.50 bits per heavy atom. The number of rotatable bonds is 5. The second-order valence-corrected chi connectivity index (χ2v) is 5.34. The third-order valence-electron chi connectivity index (χ3n) is 3.79. The van der Waals surface area contributed by atoms with Gasteiger partial charge in [0.15, 0.2) is 0 Å². The number of nitrogen functional groups attached to an aromatic ring is 1. The van der Waals surface area contributed by atoms with E-state index in [9.17, 15) is 4.79 Å². The number of aromatic amines is 1. The number of anilines is 1. The molecule has 0 aliphatic heterocycles. The Kier molecular flexibility index (Phi) is 3.99. The maximum absolute atomic E-state index is 12.3. The van der Waals surface area contributed by atoms with Gasteiger partial charge in [-0.3, -0.25) is 4.79 Å². The van der Waals surface area contributed by atoms with Crippen LogP contribution in [0.1, 0.15) is 37.2 Å². The number of aliphatic hydroxyl groups is 1. The summed E-state index contributed by atoms with van der Waals surface area (Å²) < 4.78 is 0. The molecule has 1 atom stereocenters. The molecule has 0 aliphatic rings. The van der Waals surface area contributed by atoms with Crippen molar-refractivity contribution >= 4 is 22.5 Å². The molecule has 5 heteroatoms. The zero-order valence-electron chi connectivity index (χ0n) is 11.9. The number of benzene rings is 1. The Morgan fingerprint density at radius 2 is 2.25 bits per heavy atom. The highest BCUT2D eigenvalue weighted by Crippen LogP contribution is 2.22. The predicted molar refractivity (Wildman–Crippen MR) is 80.6 cm³/mol. The summed E-state index contributed by atoms with van der Waals surface area (Å²) in [5, 5.41) is 13.0. The van der Waals surface area contributed by atoms with Crippen LogP contribution in [0.3, 0.4) is 0 Å². The molecule has 0 fully saturated rings. The van der Waals surface area contributed by atoms with E-state index in [2.05, 4.69) is 10.3 Å². The first-order chi connectivity index (χ1) is 9.49. The third kappa shape index (κ3) is 2.77. The van der Waals surface area contributed by atoms with Gasteiger partial charge in [0.05, 0.1) is 11.2 Å². The van der Waals surface area contributed by atoms with Crippen LogP contribution in [0.5, 0.6) is 0 Å². The van der Waals surface area contributed by atoms with Crippen molar-refractivity contribution in [3.63, 3.8) is 0 Å². The van der Waals surface area contributed by atoms with Crippen LogP contribution in [0.25, 0.3) is 10.9 Å². The molecule has 1 unspecified atom stereocenters. The second kappa shape index (κ2) is 5.54. The number of nitrogens with one attached hydrogen (secondary N) is 2. The first-order valence-electron chi connectivity index (χ1n) is 6.79. The summed E-state index contributed by atoms with van der Waals surface area (Å²) in [6, 6.07) is 7.35. The first kappa shape index (κ1) is 14.4. The zero-order chi connectivity index (χ0) is 14.8. The topological polar surface area (TPSA) is 91.1 Å². The molecule has 1 heterocycles. The molecule has 0 saturated heterocycles. The van der Waals surface area contributed by atoms with Gasteiger partial charge in [-0.2, -0.15) is 0 Å². The van der Waals surface area contributed by atoms with Crippen molar-refractivity contribution in [3.05, 3.63) is 30.0 Å². The van der Waals surface area contributed by atoms with Crippen molar-refractivity contribution < 1.29 is 9.90 Å². The summed E-state index contributed by atoms with van der Waals surface area (Å²) in [6.07, 6.45) is 1.28. The van der Waals surface area contributed by atoms with Crippen LogP contribution in [-0.4, -0.2) is 28.1 Å². The number of fused-ring (bicyclic) bond motifs is 1. The predicted octanol–water partition coefficient (Wildman–Crippen LogP) is 2.03. The second-order valence-electron chi connectivity index (χ2n) is 5.34. The Hall–Kier alpha value is -2.01. The number of H-pyrrole nitrogens is 1. The van der Waals surface area contributed by atoms with Gasteiger partial charge < -0.3 is 21.1 Å². The number of amides is 1. The lowest BCUT2D eigenvalue weighted by Crippen LogP contribution is -2.46. The zero-order valence-corrected chi connectivity index (χ0v) is 11.9. The number of nitrogens with two attached hydrogens (primary N) is 1. The summed E-state index contributed by atoms with van der Waals surface area (Å²) in [5.74, 6) is -0.182. The van der Waals surface area contributed by atoms with Gasteiger partial charge in [-0.25, -0.2) is 0 Å². The van der Waals surface area contributed by atoms with Crippen LogP contribution in [0.2, 0.25) is 0 Å². The van der Waals surface area contributed by atoms with Crippen molar-refractivity contribution in [1.29, 1.82) is 0 Å². The molecule has 2 rings (SSSR count). The summed E-state index contributed by atoms with van der Waals surface area (Å²) in [6.45, 7) is 3.96. The Labute approximate surface area is 118 Å². The number of hydrogen-bond donors (Lipinski definition) is 4. The number of hydrogen-bond acceptors (Lipinski definition) is 3. The largest absolute Gasteiger partial charge is 0.397 e. The van der Waals surface area contributed by atoms with Gasteiger partial charge in [-0.15, -0.1) is 0 Å². The molecule has 0 aliphatic carbocycles. The standard InChI is InChI=1S/C15H21N3O2/c1-3-15(2,7-8-19)18-14(20)12-9-10-5-4-6-11(16)13(10)17-12/h4-6,9,17,19H,3,7-8,16H2,1-2H3,(H,18,20). The Balaban J connectivity index is 2.25. The van der Waals surface area contributed by atoms with Crippen LogP contribution < -0.4 is 11.1 Å². The fourth-order valence-corrected chi connectivity index (χ4v) is 2.22. The molecule has 0 radical (unpaired) electrons. The van der Waals surface area contributed by atoms with E-state index in [-0.39, 0.29) is 12.5 Å². The fourth-order valence-electron chi connectivity index (χ4n) is 2.22. The normalized spacial score (nSPS) is 14.2. The average molecular weight is 275 g/mol. The molecule has 2 aromatic rings. The van der Waals surface area contributed by atoms with Crippen LogP contribution in [-0.2, 0) is 0 Å². The summed E-state index contributed by atoms with van der Waals surface area (Å²) >= 11 is 0. The summed E-state index contributed by atoms with van der Waals surface area (Å²) in [5.41, 5.74) is 7.35. The van der Waals surface area contributed by atoms with Crippen LogP contribution in [0.15, 0.2) is 24.3 Å². The molecule has 5 nitrogen and oxygen atoms in total. The van der Waals surface area contributed by atoms with E-state index >= 15 is 0 Å². The first-order valence-corrected chi connectivity index (χ1v) is 6.79. The molecule has 0 spiro atoms. The number of aromatic nitrogens is 1. The van der Waals surface area contributed by atoms with Gasteiger partial charge in [0.25, 0.3) is 5.91 Å². The van der Waals surface area contributed by atoms with Crippen molar-refractivity contribution in [2.75, 3.05) is 12.3 Å². The van der Waals surface area contributed by atoms with E-state index in [1.54, 1.807) is 12.1 Å². The van der Waals surface area contributed by atoms with Gasteiger partial charge in [0.2, 0.25) is 0 Å². The molecule has 5 N–H and O–H groups in total. The molecular formula is C15H21N3O2. The average Bonchev–Trinajstić information content (AvgIpc) is 2.84. The highest BCUT2D eigenvalue weighted by atomic mass is 16.3. The molecular weight excluding hydrogens is 254 g/mol. The molecule has 0 saturated carbocycles. The summed E-state index contributed by atoms with van der Waals surface area (Å²) in [4.78, 5) is 15.4. The van der Waals surface area contributed by atoms with E-state index in [1.165, 1.54) is 0 Å². The van der Waals surface area contributed by atoms with E-state index in [0.717, 1.165) is 17.3 Å². The van der Waals surface area contributed by atoms with E-state index < -0.39 is 5.54 Å². The van der Waals surface area contributed by atoms with E-state index in [0.29, 0.717) is 17.8 Å². The van der Waals surface area contributed by atoms with Crippen molar-refractivity contribution in [3.8, 4) is 0 Å². The fraction of sp³-hybridized carbons (Fsp3) is 0.400.